The highest BCUT2D eigenvalue weighted by Gasteiger charge is 2.46. The summed E-state index contributed by atoms with van der Waals surface area (Å²) in [4.78, 5) is 10.5. The number of carboxylic acids is 1. The zero-order valence-corrected chi connectivity index (χ0v) is 17.5. The van der Waals surface area contributed by atoms with Gasteiger partial charge in [0, 0.05) is 16.9 Å². The molecule has 2 bridgehead atoms. The number of rotatable bonds is 14. The fourth-order valence-electron chi connectivity index (χ4n) is 4.29. The van der Waals surface area contributed by atoms with E-state index in [-0.39, 0.29) is 0 Å². The topological polar surface area (TPSA) is 37.3 Å². The molecule has 144 valence electrons. The normalized spacial score (nSPS) is 28.2. The number of fused-ring (bicyclic) bond motifs is 2. The third-order valence-corrected chi connectivity index (χ3v) is 8.64. The van der Waals surface area contributed by atoms with Crippen molar-refractivity contribution in [3.05, 3.63) is 12.2 Å². The van der Waals surface area contributed by atoms with E-state index in [2.05, 4.69) is 42.6 Å². The predicted octanol–water partition coefficient (Wildman–Crippen LogP) is 6.40. The van der Waals surface area contributed by atoms with Crippen molar-refractivity contribution in [1.29, 1.82) is 0 Å². The summed E-state index contributed by atoms with van der Waals surface area (Å²) in [5.41, 5.74) is 0. The molecule has 2 aliphatic rings. The minimum atomic E-state index is -0.676. The van der Waals surface area contributed by atoms with Crippen molar-refractivity contribution in [2.45, 2.75) is 88.1 Å². The number of unbranched alkanes of at least 4 members (excludes halogenated alkanes) is 4. The number of carbonyl (C=O) groups is 1. The lowest BCUT2D eigenvalue weighted by atomic mass is 9.76. The summed E-state index contributed by atoms with van der Waals surface area (Å²) in [5.74, 6) is 3.82. The number of hydrogen-bond acceptors (Lipinski definition) is 3. The van der Waals surface area contributed by atoms with Crippen molar-refractivity contribution in [2.24, 2.45) is 11.8 Å². The van der Waals surface area contributed by atoms with Gasteiger partial charge >= 0.3 is 5.97 Å². The van der Waals surface area contributed by atoms with Crippen LogP contribution in [0, 0.1) is 11.8 Å². The molecule has 0 saturated carbocycles. The largest absolute Gasteiger partial charge is 0.481 e. The number of thioether (sulfide) groups is 2. The standard InChI is InChI=1S/C21H36O2S2/c1-2-3-4-9-15-24-16-14-18-17(19-12-13-20(18)25-19)10-7-5-6-8-11-21(22)23/h5,7,17-20H,2-4,6,8-16H2,1H3,(H,22,23)/b7-5-/t17-,18+,19?,20+/m1/s1. The fourth-order valence-corrected chi connectivity index (χ4v) is 7.39. The Balaban J connectivity index is 1.63. The third kappa shape index (κ3) is 7.58. The van der Waals surface area contributed by atoms with Gasteiger partial charge in [-0.3, -0.25) is 4.79 Å². The average molecular weight is 385 g/mol. The van der Waals surface area contributed by atoms with E-state index < -0.39 is 5.97 Å². The van der Waals surface area contributed by atoms with Gasteiger partial charge in [-0.2, -0.15) is 23.5 Å². The molecular formula is C21H36O2S2. The second kappa shape index (κ2) is 12.3. The van der Waals surface area contributed by atoms with E-state index in [1.165, 1.54) is 62.9 Å². The van der Waals surface area contributed by atoms with Gasteiger partial charge in [0.25, 0.3) is 0 Å². The molecule has 2 aliphatic heterocycles. The highest BCUT2D eigenvalue weighted by molar-refractivity contribution is 8.01. The molecule has 2 rings (SSSR count). The van der Waals surface area contributed by atoms with E-state index >= 15 is 0 Å². The molecule has 2 nitrogen and oxygen atoms in total. The number of carboxylic acid groups (broad SMARTS) is 1. The van der Waals surface area contributed by atoms with Gasteiger partial charge in [0.1, 0.15) is 0 Å². The Morgan fingerprint density at radius 3 is 2.64 bits per heavy atom. The molecule has 0 aliphatic carbocycles. The Hall–Kier alpha value is -0.0900. The molecule has 2 fully saturated rings. The van der Waals surface area contributed by atoms with Crippen LogP contribution in [0.15, 0.2) is 12.2 Å². The van der Waals surface area contributed by atoms with Crippen LogP contribution in [0.2, 0.25) is 0 Å². The van der Waals surface area contributed by atoms with Crippen molar-refractivity contribution in [2.75, 3.05) is 11.5 Å². The van der Waals surface area contributed by atoms with Crippen LogP contribution in [-0.2, 0) is 4.79 Å². The fraction of sp³-hybridized carbons (Fsp3) is 0.857. The monoisotopic (exact) mass is 384 g/mol. The first-order valence-corrected chi connectivity index (χ1v) is 12.4. The summed E-state index contributed by atoms with van der Waals surface area (Å²) >= 11 is 4.45. The van der Waals surface area contributed by atoms with Crippen LogP contribution >= 0.6 is 23.5 Å². The molecule has 2 saturated heterocycles. The molecular weight excluding hydrogens is 348 g/mol. The lowest BCUT2D eigenvalue weighted by Crippen LogP contribution is -2.27. The zero-order chi connectivity index (χ0) is 17.9. The van der Waals surface area contributed by atoms with Gasteiger partial charge in [-0.25, -0.2) is 0 Å². The lowest BCUT2D eigenvalue weighted by Gasteiger charge is -2.29. The zero-order valence-electron chi connectivity index (χ0n) is 15.8. The maximum Gasteiger partial charge on any atom is 0.303 e. The van der Waals surface area contributed by atoms with E-state index in [1.54, 1.807) is 0 Å². The van der Waals surface area contributed by atoms with Gasteiger partial charge in [0.2, 0.25) is 0 Å². The molecule has 0 aromatic carbocycles. The molecule has 1 N–H and O–H groups in total. The van der Waals surface area contributed by atoms with Crippen molar-refractivity contribution in [3.63, 3.8) is 0 Å². The smallest absolute Gasteiger partial charge is 0.303 e. The van der Waals surface area contributed by atoms with Crippen LogP contribution in [0.1, 0.15) is 77.6 Å². The summed E-state index contributed by atoms with van der Waals surface area (Å²) < 4.78 is 0. The van der Waals surface area contributed by atoms with Crippen molar-refractivity contribution in [1.82, 2.24) is 0 Å². The Kier molecular flexibility index (Phi) is 10.5. The van der Waals surface area contributed by atoms with E-state index in [0.29, 0.717) is 6.42 Å². The van der Waals surface area contributed by atoms with E-state index in [4.69, 9.17) is 5.11 Å². The third-order valence-electron chi connectivity index (χ3n) is 5.66. The summed E-state index contributed by atoms with van der Waals surface area (Å²) in [6.45, 7) is 2.28. The van der Waals surface area contributed by atoms with E-state index in [0.717, 1.165) is 35.2 Å². The van der Waals surface area contributed by atoms with Crippen LogP contribution in [0.5, 0.6) is 0 Å². The van der Waals surface area contributed by atoms with Crippen LogP contribution < -0.4 is 0 Å². The van der Waals surface area contributed by atoms with Crippen LogP contribution in [-0.4, -0.2) is 33.1 Å². The Bertz CT molecular complexity index is 411. The quantitative estimate of drug-likeness (QED) is 0.278. The lowest BCUT2D eigenvalue weighted by molar-refractivity contribution is -0.137. The van der Waals surface area contributed by atoms with Gasteiger partial charge in [-0.1, -0.05) is 38.3 Å². The van der Waals surface area contributed by atoms with Crippen molar-refractivity contribution < 1.29 is 9.90 Å². The molecule has 0 aromatic heterocycles. The number of allylic oxidation sites excluding steroid dienone is 2. The average Bonchev–Trinajstić information content (AvgIpc) is 3.19. The summed E-state index contributed by atoms with van der Waals surface area (Å²) in [5, 5.41) is 10.5. The Labute approximate surface area is 163 Å². The molecule has 4 atom stereocenters. The van der Waals surface area contributed by atoms with Crippen LogP contribution in [0.3, 0.4) is 0 Å². The molecule has 1 unspecified atom stereocenters. The van der Waals surface area contributed by atoms with Crippen molar-refractivity contribution in [3.8, 4) is 0 Å². The van der Waals surface area contributed by atoms with E-state index in [1.807, 2.05) is 0 Å². The SMILES string of the molecule is CCCCCCSCC[C@@H]1[C@@H]2CCC(S2)[C@@H]1C/C=C\CCCC(=O)O. The van der Waals surface area contributed by atoms with Gasteiger partial charge in [0.05, 0.1) is 0 Å². The molecule has 0 aromatic rings. The summed E-state index contributed by atoms with van der Waals surface area (Å²) in [7, 11) is 0. The molecule has 0 spiro atoms. The van der Waals surface area contributed by atoms with E-state index in [9.17, 15) is 4.79 Å². The van der Waals surface area contributed by atoms with Gasteiger partial charge in [-0.15, -0.1) is 0 Å². The number of hydrogen-bond donors (Lipinski definition) is 1. The second-order valence-electron chi connectivity index (χ2n) is 7.57. The molecule has 0 amide bonds. The maximum absolute atomic E-state index is 10.5. The predicted molar refractivity (Wildman–Crippen MR) is 113 cm³/mol. The minimum absolute atomic E-state index is 0.298. The first-order valence-electron chi connectivity index (χ1n) is 10.3. The molecule has 2 heterocycles. The number of aliphatic carboxylic acids is 1. The Morgan fingerprint density at radius 2 is 1.88 bits per heavy atom. The molecule has 4 heteroatoms. The van der Waals surface area contributed by atoms with Crippen molar-refractivity contribution >= 4 is 29.5 Å². The highest BCUT2D eigenvalue weighted by atomic mass is 32.2. The van der Waals surface area contributed by atoms with Crippen LogP contribution in [0.25, 0.3) is 0 Å². The Morgan fingerprint density at radius 1 is 1.08 bits per heavy atom. The second-order valence-corrected chi connectivity index (χ2v) is 10.3. The summed E-state index contributed by atoms with van der Waals surface area (Å²) in [6, 6.07) is 0. The first-order chi connectivity index (χ1) is 12.2. The van der Waals surface area contributed by atoms with Gasteiger partial charge in [-0.05, 0) is 68.3 Å². The first kappa shape index (κ1) is 21.2. The minimum Gasteiger partial charge on any atom is -0.481 e. The van der Waals surface area contributed by atoms with Crippen LogP contribution in [0.4, 0.5) is 0 Å². The maximum atomic E-state index is 10.5. The van der Waals surface area contributed by atoms with Gasteiger partial charge in [0.15, 0.2) is 0 Å². The van der Waals surface area contributed by atoms with Gasteiger partial charge < -0.3 is 5.11 Å². The summed E-state index contributed by atoms with van der Waals surface area (Å²) in [6.07, 6.45) is 17.6. The highest BCUT2D eigenvalue weighted by Crippen LogP contribution is 2.55. The molecule has 25 heavy (non-hydrogen) atoms. The molecule has 0 radical (unpaired) electrons.